The molecule has 0 saturated carbocycles. The Morgan fingerprint density at radius 3 is 2.65 bits per heavy atom. The molecule has 0 fully saturated rings. The Kier molecular flexibility index (Phi) is 7.16. The fourth-order valence-electron chi connectivity index (χ4n) is 3.01. The van der Waals surface area contributed by atoms with E-state index in [1.807, 2.05) is 31.2 Å². The van der Waals surface area contributed by atoms with Gasteiger partial charge in [-0.25, -0.2) is 9.55 Å². The Morgan fingerprint density at radius 2 is 1.94 bits per heavy atom. The summed E-state index contributed by atoms with van der Waals surface area (Å²) in [5, 5.41) is 11.1. The van der Waals surface area contributed by atoms with E-state index in [0.29, 0.717) is 29.5 Å². The molecule has 0 amide bonds. The zero-order chi connectivity index (χ0) is 22.2. The molecule has 0 atom stereocenters. The number of rotatable bonds is 10. The second-order valence-corrected chi connectivity index (χ2v) is 6.62. The van der Waals surface area contributed by atoms with Gasteiger partial charge >= 0.3 is 5.82 Å². The third kappa shape index (κ3) is 5.57. The SMILES string of the molecule is CCOc1cc(C=CC(=O)c2ccccc2)ccc1OCCn1c([N+](=O)[O-])cnc1C. The lowest BCUT2D eigenvalue weighted by atomic mass is 10.1. The lowest BCUT2D eigenvalue weighted by molar-refractivity contribution is -0.392. The number of nitrogens with zero attached hydrogens (tertiary/aromatic N) is 3. The standard InChI is InChI=1S/C23H23N3O5/c1-3-30-22-15-18(9-11-20(27)19-7-5-4-6-8-19)10-12-21(22)31-14-13-25-17(2)24-16-23(25)26(28)29/h4-12,15-16H,3,13-14H2,1-2H3. The lowest BCUT2D eigenvalue weighted by Crippen LogP contribution is -2.12. The van der Waals surface area contributed by atoms with Crippen LogP contribution in [-0.2, 0) is 6.54 Å². The van der Waals surface area contributed by atoms with Crippen LogP contribution in [0, 0.1) is 17.0 Å². The Bertz CT molecular complexity index is 1090. The summed E-state index contributed by atoms with van der Waals surface area (Å²) in [5.74, 6) is 1.44. The van der Waals surface area contributed by atoms with Gasteiger partial charge in [0.2, 0.25) is 0 Å². The van der Waals surface area contributed by atoms with Crippen molar-refractivity contribution in [3.63, 3.8) is 0 Å². The van der Waals surface area contributed by atoms with Crippen molar-refractivity contribution >= 4 is 17.7 Å². The number of aromatic nitrogens is 2. The number of hydrogen-bond acceptors (Lipinski definition) is 6. The van der Waals surface area contributed by atoms with E-state index in [9.17, 15) is 14.9 Å². The van der Waals surface area contributed by atoms with Gasteiger partial charge in [-0.1, -0.05) is 42.5 Å². The first-order chi connectivity index (χ1) is 15.0. The van der Waals surface area contributed by atoms with E-state index in [2.05, 4.69) is 4.98 Å². The highest BCUT2D eigenvalue weighted by Gasteiger charge is 2.17. The fourth-order valence-corrected chi connectivity index (χ4v) is 3.01. The predicted octanol–water partition coefficient (Wildman–Crippen LogP) is 4.47. The van der Waals surface area contributed by atoms with E-state index in [-0.39, 0.29) is 24.8 Å². The van der Waals surface area contributed by atoms with Crippen molar-refractivity contribution in [3.05, 3.63) is 87.9 Å². The van der Waals surface area contributed by atoms with Gasteiger partial charge in [-0.05, 0) is 35.6 Å². The molecule has 8 nitrogen and oxygen atoms in total. The zero-order valence-corrected chi connectivity index (χ0v) is 17.4. The summed E-state index contributed by atoms with van der Waals surface area (Å²) < 4.78 is 13.0. The molecule has 1 aromatic heterocycles. The molecular formula is C23H23N3O5. The van der Waals surface area contributed by atoms with Gasteiger partial charge in [-0.15, -0.1) is 0 Å². The van der Waals surface area contributed by atoms with Crippen molar-refractivity contribution in [2.75, 3.05) is 13.2 Å². The molecule has 0 aliphatic rings. The monoisotopic (exact) mass is 421 g/mol. The minimum absolute atomic E-state index is 0.0744. The summed E-state index contributed by atoms with van der Waals surface area (Å²) in [5.41, 5.74) is 1.41. The molecule has 0 saturated heterocycles. The lowest BCUT2D eigenvalue weighted by Gasteiger charge is -2.12. The second-order valence-electron chi connectivity index (χ2n) is 6.62. The quantitative estimate of drug-likeness (QED) is 0.207. The van der Waals surface area contributed by atoms with E-state index in [0.717, 1.165) is 5.56 Å². The minimum Gasteiger partial charge on any atom is -0.490 e. The number of hydrogen-bond donors (Lipinski definition) is 0. The molecule has 31 heavy (non-hydrogen) atoms. The van der Waals surface area contributed by atoms with Crippen LogP contribution in [0.25, 0.3) is 6.08 Å². The average Bonchev–Trinajstić information content (AvgIpc) is 3.15. The van der Waals surface area contributed by atoms with Crippen LogP contribution in [-0.4, -0.2) is 33.5 Å². The van der Waals surface area contributed by atoms with E-state index < -0.39 is 4.92 Å². The number of nitro groups is 1. The van der Waals surface area contributed by atoms with Crippen LogP contribution in [0.5, 0.6) is 11.5 Å². The Morgan fingerprint density at radius 1 is 1.16 bits per heavy atom. The molecule has 3 rings (SSSR count). The molecular weight excluding hydrogens is 398 g/mol. The normalized spacial score (nSPS) is 10.9. The molecule has 0 aliphatic carbocycles. The largest absolute Gasteiger partial charge is 0.490 e. The van der Waals surface area contributed by atoms with Crippen molar-refractivity contribution in [1.82, 2.24) is 9.55 Å². The van der Waals surface area contributed by atoms with Crippen LogP contribution in [0.3, 0.4) is 0 Å². The molecule has 0 unspecified atom stereocenters. The number of imidazole rings is 1. The Labute approximate surface area is 179 Å². The van der Waals surface area contributed by atoms with Crippen molar-refractivity contribution in [2.24, 2.45) is 0 Å². The number of allylic oxidation sites excluding steroid dienone is 1. The maximum atomic E-state index is 12.3. The fraction of sp³-hybridized carbons (Fsp3) is 0.217. The summed E-state index contributed by atoms with van der Waals surface area (Å²) in [6.45, 7) is 4.50. The molecule has 0 aliphatic heterocycles. The number of carbonyl (C=O) groups excluding carboxylic acids is 1. The second kappa shape index (κ2) is 10.2. The van der Waals surface area contributed by atoms with Gasteiger partial charge in [0, 0.05) is 12.5 Å². The topological polar surface area (TPSA) is 96.5 Å². The first kappa shape index (κ1) is 21.8. The molecule has 3 aromatic rings. The third-order valence-electron chi connectivity index (χ3n) is 4.55. The summed E-state index contributed by atoms with van der Waals surface area (Å²) in [6, 6.07) is 14.4. The third-order valence-corrected chi connectivity index (χ3v) is 4.55. The number of carbonyl (C=O) groups is 1. The van der Waals surface area contributed by atoms with Crippen LogP contribution < -0.4 is 9.47 Å². The molecule has 8 heteroatoms. The zero-order valence-electron chi connectivity index (χ0n) is 17.4. The number of ether oxygens (including phenoxy) is 2. The summed E-state index contributed by atoms with van der Waals surface area (Å²) in [7, 11) is 0. The van der Waals surface area contributed by atoms with Crippen molar-refractivity contribution < 1.29 is 19.2 Å². The molecule has 160 valence electrons. The van der Waals surface area contributed by atoms with Crippen molar-refractivity contribution in [1.29, 1.82) is 0 Å². The van der Waals surface area contributed by atoms with Gasteiger partial charge < -0.3 is 19.6 Å². The number of aryl methyl sites for hydroxylation is 1. The Balaban J connectivity index is 1.69. The van der Waals surface area contributed by atoms with Gasteiger partial charge in [0.15, 0.2) is 23.1 Å². The molecule has 1 heterocycles. The highest BCUT2D eigenvalue weighted by atomic mass is 16.6. The Hall–Kier alpha value is -3.94. The molecule has 0 N–H and O–H groups in total. The van der Waals surface area contributed by atoms with Crippen LogP contribution in [0.4, 0.5) is 5.82 Å². The first-order valence-corrected chi connectivity index (χ1v) is 9.83. The van der Waals surface area contributed by atoms with Gasteiger partial charge in [0.1, 0.15) is 19.3 Å². The van der Waals surface area contributed by atoms with E-state index in [1.54, 1.807) is 37.3 Å². The van der Waals surface area contributed by atoms with Gasteiger partial charge in [-0.2, -0.15) is 0 Å². The maximum Gasteiger partial charge on any atom is 0.342 e. The van der Waals surface area contributed by atoms with E-state index in [1.165, 1.54) is 16.8 Å². The van der Waals surface area contributed by atoms with E-state index >= 15 is 0 Å². The van der Waals surface area contributed by atoms with Crippen LogP contribution in [0.2, 0.25) is 0 Å². The van der Waals surface area contributed by atoms with Gasteiger partial charge in [0.25, 0.3) is 0 Å². The summed E-state index contributed by atoms with van der Waals surface area (Å²) >= 11 is 0. The van der Waals surface area contributed by atoms with Gasteiger partial charge in [-0.3, -0.25) is 4.79 Å². The summed E-state index contributed by atoms with van der Waals surface area (Å²) in [6.07, 6.45) is 4.47. The van der Waals surface area contributed by atoms with Crippen LogP contribution >= 0.6 is 0 Å². The average molecular weight is 421 g/mol. The number of ketones is 1. The highest BCUT2D eigenvalue weighted by Crippen LogP contribution is 2.29. The van der Waals surface area contributed by atoms with Crippen molar-refractivity contribution in [3.8, 4) is 11.5 Å². The molecule has 0 radical (unpaired) electrons. The summed E-state index contributed by atoms with van der Waals surface area (Å²) in [4.78, 5) is 26.9. The number of benzene rings is 2. The highest BCUT2D eigenvalue weighted by molar-refractivity contribution is 6.06. The van der Waals surface area contributed by atoms with Crippen molar-refractivity contribution in [2.45, 2.75) is 20.4 Å². The maximum absolute atomic E-state index is 12.3. The van der Waals surface area contributed by atoms with E-state index in [4.69, 9.17) is 9.47 Å². The van der Waals surface area contributed by atoms with Crippen LogP contribution in [0.1, 0.15) is 28.7 Å². The predicted molar refractivity (Wildman–Crippen MR) is 117 cm³/mol. The van der Waals surface area contributed by atoms with Crippen LogP contribution in [0.15, 0.2) is 60.8 Å². The molecule has 0 bridgehead atoms. The minimum atomic E-state index is -0.469. The smallest absolute Gasteiger partial charge is 0.342 e. The molecule has 2 aromatic carbocycles. The first-order valence-electron chi connectivity index (χ1n) is 9.83. The molecule has 0 spiro atoms. The van der Waals surface area contributed by atoms with Gasteiger partial charge in [0.05, 0.1) is 6.61 Å².